The first-order valence-electron chi connectivity index (χ1n) is 5.55. The Bertz CT molecular complexity index is 423. The van der Waals surface area contributed by atoms with Gasteiger partial charge >= 0.3 is 0 Å². The fourth-order valence-corrected chi connectivity index (χ4v) is 2.54. The van der Waals surface area contributed by atoms with Crippen molar-refractivity contribution >= 4 is 38.8 Å². The first-order valence-corrected chi connectivity index (χ1v) is 6.75. The topological polar surface area (TPSA) is 29.3 Å². The smallest absolute Gasteiger partial charge is 0.161 e. The summed E-state index contributed by atoms with van der Waals surface area (Å²) in [7, 11) is 0. The highest BCUT2D eigenvalue weighted by molar-refractivity contribution is 9.10. The minimum Gasteiger partial charge on any atom is -0.389 e. The number of thiocarbonyl (C=S) groups is 1. The molecule has 5 heteroatoms. The highest BCUT2D eigenvalue weighted by Crippen LogP contribution is 2.29. The summed E-state index contributed by atoms with van der Waals surface area (Å²) in [5, 5.41) is 0. The highest BCUT2D eigenvalue weighted by Gasteiger charge is 2.16. The Kier molecular flexibility index (Phi) is 5.33. The maximum Gasteiger partial charge on any atom is 0.161 e. The SMILES string of the molecule is CCCN(CC)c1ccc(C(N)=S)c(Br)c1F. The zero-order valence-electron chi connectivity index (χ0n) is 9.96. The maximum atomic E-state index is 14.2. The van der Waals surface area contributed by atoms with E-state index in [0.29, 0.717) is 15.7 Å². The van der Waals surface area contributed by atoms with Crippen molar-refractivity contribution in [3.8, 4) is 0 Å². The van der Waals surface area contributed by atoms with Crippen LogP contribution < -0.4 is 10.6 Å². The van der Waals surface area contributed by atoms with Crippen molar-refractivity contribution in [2.75, 3.05) is 18.0 Å². The largest absolute Gasteiger partial charge is 0.389 e. The molecule has 0 fully saturated rings. The molecular formula is C12H16BrFN2S. The Labute approximate surface area is 115 Å². The number of rotatable bonds is 5. The molecule has 2 N–H and O–H groups in total. The molecule has 17 heavy (non-hydrogen) atoms. The number of nitrogens with two attached hydrogens (primary N) is 1. The molecular weight excluding hydrogens is 303 g/mol. The molecule has 94 valence electrons. The molecule has 0 aromatic heterocycles. The number of halogens is 2. The zero-order valence-corrected chi connectivity index (χ0v) is 12.4. The summed E-state index contributed by atoms with van der Waals surface area (Å²) < 4.78 is 14.5. The third kappa shape index (κ3) is 3.16. The van der Waals surface area contributed by atoms with Crippen molar-refractivity contribution < 1.29 is 4.39 Å². The van der Waals surface area contributed by atoms with Crippen LogP contribution in [0.15, 0.2) is 16.6 Å². The van der Waals surface area contributed by atoms with Crippen LogP contribution in [0, 0.1) is 5.82 Å². The molecule has 0 amide bonds. The van der Waals surface area contributed by atoms with Gasteiger partial charge in [-0.15, -0.1) is 0 Å². The summed E-state index contributed by atoms with van der Waals surface area (Å²) in [6, 6.07) is 3.48. The maximum absolute atomic E-state index is 14.2. The summed E-state index contributed by atoms with van der Waals surface area (Å²) in [6.45, 7) is 5.67. The Morgan fingerprint density at radius 1 is 1.47 bits per heavy atom. The van der Waals surface area contributed by atoms with Gasteiger partial charge in [0, 0.05) is 18.7 Å². The molecule has 0 aliphatic rings. The van der Waals surface area contributed by atoms with Crippen LogP contribution in [0.4, 0.5) is 10.1 Å². The Balaban J connectivity index is 3.19. The third-order valence-corrected chi connectivity index (χ3v) is 3.54. The summed E-state index contributed by atoms with van der Waals surface area (Å²) in [6.07, 6.45) is 0.974. The average molecular weight is 319 g/mol. The quantitative estimate of drug-likeness (QED) is 0.843. The van der Waals surface area contributed by atoms with Gasteiger partial charge < -0.3 is 10.6 Å². The predicted octanol–water partition coefficient (Wildman–Crippen LogP) is 3.46. The minimum atomic E-state index is -0.300. The Morgan fingerprint density at radius 2 is 2.12 bits per heavy atom. The molecule has 0 saturated heterocycles. The lowest BCUT2D eigenvalue weighted by Gasteiger charge is -2.23. The van der Waals surface area contributed by atoms with Gasteiger partial charge in [-0.25, -0.2) is 4.39 Å². The molecule has 1 aromatic rings. The Hall–Kier alpha value is -0.680. The van der Waals surface area contributed by atoms with E-state index >= 15 is 0 Å². The van der Waals surface area contributed by atoms with Crippen molar-refractivity contribution in [2.24, 2.45) is 5.73 Å². The monoisotopic (exact) mass is 318 g/mol. The van der Waals surface area contributed by atoms with Crippen LogP contribution in [0.1, 0.15) is 25.8 Å². The normalized spacial score (nSPS) is 10.4. The van der Waals surface area contributed by atoms with Crippen LogP contribution in [0.2, 0.25) is 0 Å². The first-order chi connectivity index (χ1) is 8.02. The average Bonchev–Trinajstić information content (AvgIpc) is 2.29. The molecule has 2 nitrogen and oxygen atoms in total. The van der Waals surface area contributed by atoms with Gasteiger partial charge in [0.1, 0.15) is 4.99 Å². The third-order valence-electron chi connectivity index (χ3n) is 2.54. The standard InChI is InChI=1S/C12H16BrFN2S/c1-3-7-16(4-2)9-6-5-8(12(15)17)10(13)11(9)14/h5-6H,3-4,7H2,1-2H3,(H2,15,17). The van der Waals surface area contributed by atoms with Gasteiger partial charge in [-0.3, -0.25) is 0 Å². The zero-order chi connectivity index (χ0) is 13.0. The highest BCUT2D eigenvalue weighted by atomic mass is 79.9. The van der Waals surface area contributed by atoms with Crippen molar-refractivity contribution in [3.05, 3.63) is 28.0 Å². The van der Waals surface area contributed by atoms with Gasteiger partial charge in [0.25, 0.3) is 0 Å². The van der Waals surface area contributed by atoms with E-state index in [9.17, 15) is 4.39 Å². The van der Waals surface area contributed by atoms with Gasteiger partial charge in [0.15, 0.2) is 5.82 Å². The van der Waals surface area contributed by atoms with Gasteiger partial charge in [-0.05, 0) is 41.4 Å². The molecule has 0 bridgehead atoms. The molecule has 0 aliphatic carbocycles. The van der Waals surface area contributed by atoms with Crippen molar-refractivity contribution in [2.45, 2.75) is 20.3 Å². The van der Waals surface area contributed by atoms with E-state index in [-0.39, 0.29) is 10.8 Å². The lowest BCUT2D eigenvalue weighted by atomic mass is 10.1. The van der Waals surface area contributed by atoms with E-state index < -0.39 is 0 Å². The van der Waals surface area contributed by atoms with Gasteiger partial charge in [0.2, 0.25) is 0 Å². The van der Waals surface area contributed by atoms with E-state index in [1.165, 1.54) is 0 Å². The molecule has 0 saturated carbocycles. The Morgan fingerprint density at radius 3 is 2.59 bits per heavy atom. The number of nitrogens with zero attached hydrogens (tertiary/aromatic N) is 1. The molecule has 0 atom stereocenters. The fraction of sp³-hybridized carbons (Fsp3) is 0.417. The molecule has 1 aromatic carbocycles. The number of hydrogen-bond donors (Lipinski definition) is 1. The summed E-state index contributed by atoms with van der Waals surface area (Å²) in [5.74, 6) is -0.300. The van der Waals surface area contributed by atoms with E-state index in [4.69, 9.17) is 18.0 Å². The second kappa shape index (κ2) is 6.31. The van der Waals surface area contributed by atoms with Gasteiger partial charge in [-0.1, -0.05) is 19.1 Å². The summed E-state index contributed by atoms with van der Waals surface area (Å²) in [5.41, 5.74) is 6.64. The second-order valence-electron chi connectivity index (χ2n) is 3.70. The van der Waals surface area contributed by atoms with Crippen LogP contribution in [0.25, 0.3) is 0 Å². The summed E-state index contributed by atoms with van der Waals surface area (Å²) in [4.78, 5) is 2.18. The van der Waals surface area contributed by atoms with Gasteiger partial charge in [-0.2, -0.15) is 0 Å². The molecule has 0 heterocycles. The first kappa shape index (κ1) is 14.4. The lowest BCUT2D eigenvalue weighted by Crippen LogP contribution is -2.25. The predicted molar refractivity (Wildman–Crippen MR) is 78.2 cm³/mol. The lowest BCUT2D eigenvalue weighted by molar-refractivity contribution is 0.610. The summed E-state index contributed by atoms with van der Waals surface area (Å²) >= 11 is 8.08. The molecule has 0 spiro atoms. The van der Waals surface area contributed by atoms with Crippen molar-refractivity contribution in [1.29, 1.82) is 0 Å². The van der Waals surface area contributed by atoms with E-state index in [2.05, 4.69) is 22.9 Å². The fourth-order valence-electron chi connectivity index (χ4n) is 1.69. The molecule has 0 aliphatic heterocycles. The molecule has 0 radical (unpaired) electrons. The van der Waals surface area contributed by atoms with Gasteiger partial charge in [0.05, 0.1) is 10.2 Å². The van der Waals surface area contributed by atoms with Crippen LogP contribution in [0.3, 0.4) is 0 Å². The van der Waals surface area contributed by atoms with Crippen LogP contribution >= 0.6 is 28.1 Å². The van der Waals surface area contributed by atoms with Crippen LogP contribution in [-0.2, 0) is 0 Å². The van der Waals surface area contributed by atoms with E-state index in [1.807, 2.05) is 11.8 Å². The minimum absolute atomic E-state index is 0.195. The second-order valence-corrected chi connectivity index (χ2v) is 4.94. The number of benzene rings is 1. The van der Waals surface area contributed by atoms with E-state index in [1.54, 1.807) is 12.1 Å². The van der Waals surface area contributed by atoms with Crippen LogP contribution in [-0.4, -0.2) is 18.1 Å². The van der Waals surface area contributed by atoms with Crippen molar-refractivity contribution in [3.63, 3.8) is 0 Å². The van der Waals surface area contributed by atoms with E-state index in [0.717, 1.165) is 19.5 Å². The molecule has 1 rings (SSSR count). The number of anilines is 1. The number of hydrogen-bond acceptors (Lipinski definition) is 2. The van der Waals surface area contributed by atoms with Crippen LogP contribution in [0.5, 0.6) is 0 Å². The molecule has 0 unspecified atom stereocenters. The van der Waals surface area contributed by atoms with Crippen molar-refractivity contribution in [1.82, 2.24) is 0 Å².